The highest BCUT2D eigenvalue weighted by Crippen LogP contribution is 2.36. The maximum Gasteiger partial charge on any atom is 0.225 e. The highest BCUT2D eigenvalue weighted by atomic mass is 19.1. The summed E-state index contributed by atoms with van der Waals surface area (Å²) in [6.45, 7) is 1.60. The van der Waals surface area contributed by atoms with E-state index in [0.717, 1.165) is 5.56 Å². The molecular formula is C18H25FN2O4. The van der Waals surface area contributed by atoms with Gasteiger partial charge in [-0.15, -0.1) is 0 Å². The van der Waals surface area contributed by atoms with Gasteiger partial charge >= 0.3 is 0 Å². The van der Waals surface area contributed by atoms with Crippen LogP contribution in [0.5, 0.6) is 0 Å². The van der Waals surface area contributed by atoms with Crippen LogP contribution in [0, 0.1) is 11.7 Å². The summed E-state index contributed by atoms with van der Waals surface area (Å²) in [6.07, 6.45) is 0.771. The molecule has 7 heteroatoms. The Balaban J connectivity index is 2.26. The van der Waals surface area contributed by atoms with Crippen LogP contribution in [0.2, 0.25) is 0 Å². The van der Waals surface area contributed by atoms with Crippen molar-refractivity contribution in [1.29, 1.82) is 0 Å². The summed E-state index contributed by atoms with van der Waals surface area (Å²) in [5.41, 5.74) is 0.748. The molecule has 0 saturated carbocycles. The largest absolute Gasteiger partial charge is 0.383 e. The molecule has 1 heterocycles. The maximum atomic E-state index is 13.3. The molecule has 0 aromatic heterocycles. The van der Waals surface area contributed by atoms with E-state index in [2.05, 4.69) is 5.32 Å². The fourth-order valence-corrected chi connectivity index (χ4v) is 3.16. The van der Waals surface area contributed by atoms with Crippen LogP contribution in [0.1, 0.15) is 24.4 Å². The van der Waals surface area contributed by atoms with Gasteiger partial charge in [0, 0.05) is 33.7 Å². The zero-order valence-electron chi connectivity index (χ0n) is 14.7. The SMILES string of the molecule is COCCNC(=O)C1CCC(=O)N(CCOC)C1c1ccc(F)cc1. The standard InChI is InChI=1S/C18H25FN2O4/c1-24-11-9-20-18(23)15-7-8-16(22)21(10-12-25-2)17(15)13-3-5-14(19)6-4-13/h3-6,15,17H,7-12H2,1-2H3,(H,20,23). The Kier molecular flexibility index (Phi) is 7.33. The number of nitrogens with one attached hydrogen (secondary N) is 1. The molecule has 0 spiro atoms. The van der Waals surface area contributed by atoms with E-state index >= 15 is 0 Å². The molecule has 1 N–H and O–H groups in total. The van der Waals surface area contributed by atoms with Crippen molar-refractivity contribution in [2.75, 3.05) is 40.5 Å². The molecule has 0 aliphatic carbocycles. The van der Waals surface area contributed by atoms with Gasteiger partial charge in [-0.2, -0.15) is 0 Å². The average Bonchev–Trinajstić information content (AvgIpc) is 2.61. The molecule has 0 radical (unpaired) electrons. The molecule has 25 heavy (non-hydrogen) atoms. The van der Waals surface area contributed by atoms with Crippen molar-refractivity contribution in [3.8, 4) is 0 Å². The lowest BCUT2D eigenvalue weighted by molar-refractivity contribution is -0.144. The first-order valence-corrected chi connectivity index (χ1v) is 8.39. The third kappa shape index (κ3) is 4.99. The monoisotopic (exact) mass is 352 g/mol. The normalized spacial score (nSPS) is 20.6. The van der Waals surface area contributed by atoms with Crippen LogP contribution in [0.25, 0.3) is 0 Å². The Morgan fingerprint density at radius 2 is 1.92 bits per heavy atom. The summed E-state index contributed by atoms with van der Waals surface area (Å²) >= 11 is 0. The molecule has 2 amide bonds. The van der Waals surface area contributed by atoms with Gasteiger partial charge < -0.3 is 19.7 Å². The molecule has 2 atom stereocenters. The summed E-state index contributed by atoms with van der Waals surface area (Å²) in [5, 5.41) is 2.85. The number of likely N-dealkylation sites (tertiary alicyclic amines) is 1. The van der Waals surface area contributed by atoms with Crippen molar-refractivity contribution in [3.63, 3.8) is 0 Å². The van der Waals surface area contributed by atoms with Crippen molar-refractivity contribution < 1.29 is 23.5 Å². The maximum absolute atomic E-state index is 13.3. The molecule has 2 unspecified atom stereocenters. The fourth-order valence-electron chi connectivity index (χ4n) is 3.16. The van der Waals surface area contributed by atoms with E-state index in [1.54, 1.807) is 31.3 Å². The van der Waals surface area contributed by atoms with Crippen molar-refractivity contribution in [2.24, 2.45) is 5.92 Å². The van der Waals surface area contributed by atoms with Crippen molar-refractivity contribution >= 4 is 11.8 Å². The molecule has 0 bridgehead atoms. The minimum atomic E-state index is -0.431. The van der Waals surface area contributed by atoms with Crippen LogP contribution in [-0.2, 0) is 19.1 Å². The number of benzene rings is 1. The van der Waals surface area contributed by atoms with E-state index < -0.39 is 12.0 Å². The molecule has 1 aliphatic rings. The second kappa shape index (κ2) is 9.48. The quantitative estimate of drug-likeness (QED) is 0.720. The molecule has 138 valence electrons. The van der Waals surface area contributed by atoms with Gasteiger partial charge in [0.15, 0.2) is 0 Å². The predicted molar refractivity (Wildman–Crippen MR) is 90.3 cm³/mol. The van der Waals surface area contributed by atoms with Gasteiger partial charge in [-0.25, -0.2) is 4.39 Å². The number of ether oxygens (including phenoxy) is 2. The van der Waals surface area contributed by atoms with Crippen LogP contribution in [-0.4, -0.2) is 57.2 Å². The van der Waals surface area contributed by atoms with Crippen LogP contribution in [0.15, 0.2) is 24.3 Å². The number of carbonyl (C=O) groups excluding carboxylic acids is 2. The van der Waals surface area contributed by atoms with Crippen LogP contribution in [0.3, 0.4) is 0 Å². The Morgan fingerprint density at radius 3 is 2.56 bits per heavy atom. The number of rotatable bonds is 8. The van der Waals surface area contributed by atoms with Gasteiger partial charge in [0.25, 0.3) is 0 Å². The minimum absolute atomic E-state index is 0.0210. The van der Waals surface area contributed by atoms with E-state index in [-0.39, 0.29) is 17.6 Å². The first kappa shape index (κ1) is 19.3. The number of hydrogen-bond donors (Lipinski definition) is 1. The summed E-state index contributed by atoms with van der Waals surface area (Å²) in [5.74, 6) is -0.888. The van der Waals surface area contributed by atoms with Gasteiger partial charge in [0.1, 0.15) is 5.82 Å². The Hall–Kier alpha value is -1.99. The number of amides is 2. The van der Waals surface area contributed by atoms with Crippen LogP contribution >= 0.6 is 0 Å². The second-order valence-corrected chi connectivity index (χ2v) is 6.01. The number of halogens is 1. The first-order valence-electron chi connectivity index (χ1n) is 8.39. The zero-order valence-corrected chi connectivity index (χ0v) is 14.7. The second-order valence-electron chi connectivity index (χ2n) is 6.01. The van der Waals surface area contributed by atoms with Gasteiger partial charge in [-0.05, 0) is 24.1 Å². The lowest BCUT2D eigenvalue weighted by atomic mass is 9.83. The molecular weight excluding hydrogens is 327 g/mol. The summed E-state index contributed by atoms with van der Waals surface area (Å²) in [6, 6.07) is 5.53. The van der Waals surface area contributed by atoms with Gasteiger partial charge in [0.05, 0.1) is 25.2 Å². The third-order valence-electron chi connectivity index (χ3n) is 4.40. The van der Waals surface area contributed by atoms with E-state index in [1.807, 2.05) is 0 Å². The van der Waals surface area contributed by atoms with Crippen LogP contribution < -0.4 is 5.32 Å². The highest BCUT2D eigenvalue weighted by Gasteiger charge is 2.40. The number of nitrogens with zero attached hydrogens (tertiary/aromatic N) is 1. The summed E-state index contributed by atoms with van der Waals surface area (Å²) < 4.78 is 23.4. The van der Waals surface area contributed by atoms with Gasteiger partial charge in [-0.3, -0.25) is 9.59 Å². The van der Waals surface area contributed by atoms with Gasteiger partial charge in [-0.1, -0.05) is 12.1 Å². The van der Waals surface area contributed by atoms with E-state index in [0.29, 0.717) is 39.1 Å². The fraction of sp³-hybridized carbons (Fsp3) is 0.556. The summed E-state index contributed by atoms with van der Waals surface area (Å²) in [4.78, 5) is 26.7. The van der Waals surface area contributed by atoms with E-state index in [1.165, 1.54) is 12.1 Å². The van der Waals surface area contributed by atoms with Crippen molar-refractivity contribution in [3.05, 3.63) is 35.6 Å². The Bertz CT molecular complexity index is 579. The van der Waals surface area contributed by atoms with Crippen molar-refractivity contribution in [1.82, 2.24) is 10.2 Å². The molecule has 2 rings (SSSR count). The lowest BCUT2D eigenvalue weighted by Gasteiger charge is -2.40. The topological polar surface area (TPSA) is 67.9 Å². The molecule has 1 aromatic rings. The van der Waals surface area contributed by atoms with Crippen molar-refractivity contribution in [2.45, 2.75) is 18.9 Å². The number of hydrogen-bond acceptors (Lipinski definition) is 4. The predicted octanol–water partition coefficient (Wildman–Crippen LogP) is 1.51. The Labute approximate surface area is 147 Å². The third-order valence-corrected chi connectivity index (χ3v) is 4.40. The smallest absolute Gasteiger partial charge is 0.225 e. The van der Waals surface area contributed by atoms with E-state index in [4.69, 9.17) is 9.47 Å². The lowest BCUT2D eigenvalue weighted by Crippen LogP contribution is -2.49. The highest BCUT2D eigenvalue weighted by molar-refractivity contribution is 5.85. The first-order chi connectivity index (χ1) is 12.1. The number of carbonyl (C=O) groups is 2. The number of piperidine rings is 1. The Morgan fingerprint density at radius 1 is 1.24 bits per heavy atom. The zero-order chi connectivity index (χ0) is 18.2. The molecule has 6 nitrogen and oxygen atoms in total. The molecule has 1 aliphatic heterocycles. The van der Waals surface area contributed by atoms with Crippen LogP contribution in [0.4, 0.5) is 4.39 Å². The molecule has 1 saturated heterocycles. The molecule has 1 aromatic carbocycles. The molecule has 1 fully saturated rings. The number of methoxy groups -OCH3 is 2. The van der Waals surface area contributed by atoms with Gasteiger partial charge in [0.2, 0.25) is 11.8 Å². The minimum Gasteiger partial charge on any atom is -0.383 e. The average molecular weight is 352 g/mol. The van der Waals surface area contributed by atoms with E-state index in [9.17, 15) is 14.0 Å². The summed E-state index contributed by atoms with van der Waals surface area (Å²) in [7, 11) is 3.13.